The molecule has 0 spiro atoms. The summed E-state index contributed by atoms with van der Waals surface area (Å²) in [4.78, 5) is 11.9. The molecule has 3 atom stereocenters. The van der Waals surface area contributed by atoms with E-state index in [-0.39, 0.29) is 29.7 Å². The molecule has 1 fully saturated rings. The van der Waals surface area contributed by atoms with E-state index in [1.54, 1.807) is 19.2 Å². The Balaban J connectivity index is 2.21. The van der Waals surface area contributed by atoms with Crippen molar-refractivity contribution in [3.8, 4) is 0 Å². The lowest BCUT2D eigenvalue weighted by Crippen LogP contribution is -2.33. The van der Waals surface area contributed by atoms with Gasteiger partial charge in [-0.05, 0) is 42.9 Å². The number of halogens is 1. The largest absolute Gasteiger partial charge is 0.469 e. The van der Waals surface area contributed by atoms with Crippen LogP contribution in [-0.2, 0) is 14.3 Å². The summed E-state index contributed by atoms with van der Waals surface area (Å²) >= 11 is 0. The molecule has 1 aromatic carbocycles. The minimum absolute atomic E-state index is 0.0828. The smallest absolute Gasteiger partial charge is 0.309 e. The molecule has 0 aliphatic heterocycles. The molecule has 0 N–H and O–H groups in total. The van der Waals surface area contributed by atoms with Crippen molar-refractivity contribution >= 4 is 5.97 Å². The highest BCUT2D eigenvalue weighted by Crippen LogP contribution is 2.39. The molecule has 0 bridgehead atoms. The van der Waals surface area contributed by atoms with E-state index in [1.165, 1.54) is 19.2 Å². The topological polar surface area (TPSA) is 35.5 Å². The Kier molecular flexibility index (Phi) is 4.53. The fraction of sp³-hybridized carbons (Fsp3) is 0.533. The fourth-order valence-corrected chi connectivity index (χ4v) is 2.87. The number of hydrogen-bond donors (Lipinski definition) is 0. The first-order valence-corrected chi connectivity index (χ1v) is 6.51. The Hall–Kier alpha value is -1.42. The van der Waals surface area contributed by atoms with Crippen molar-refractivity contribution in [2.45, 2.75) is 31.3 Å². The zero-order chi connectivity index (χ0) is 13.8. The Labute approximate surface area is 112 Å². The van der Waals surface area contributed by atoms with Crippen LogP contribution in [0.1, 0.15) is 30.7 Å². The van der Waals surface area contributed by atoms with Gasteiger partial charge in [-0.15, -0.1) is 0 Å². The van der Waals surface area contributed by atoms with E-state index in [4.69, 9.17) is 9.47 Å². The normalized spacial score (nSPS) is 27.0. The Bertz CT molecular complexity index is 430. The van der Waals surface area contributed by atoms with Crippen LogP contribution in [0.15, 0.2) is 24.3 Å². The molecule has 0 aromatic heterocycles. The highest BCUT2D eigenvalue weighted by molar-refractivity contribution is 5.73. The fourth-order valence-electron chi connectivity index (χ4n) is 2.87. The first-order chi connectivity index (χ1) is 9.15. The summed E-state index contributed by atoms with van der Waals surface area (Å²) in [7, 11) is 3.07. The average molecular weight is 266 g/mol. The molecule has 1 unspecified atom stereocenters. The lowest BCUT2D eigenvalue weighted by atomic mass is 9.74. The van der Waals surface area contributed by atoms with E-state index >= 15 is 0 Å². The van der Waals surface area contributed by atoms with Gasteiger partial charge in [0.1, 0.15) is 5.82 Å². The second kappa shape index (κ2) is 6.15. The molecule has 0 amide bonds. The number of ether oxygens (including phenoxy) is 2. The quantitative estimate of drug-likeness (QED) is 0.789. The Morgan fingerprint density at radius 1 is 1.21 bits per heavy atom. The molecule has 0 saturated heterocycles. The average Bonchev–Trinajstić information content (AvgIpc) is 2.46. The predicted molar refractivity (Wildman–Crippen MR) is 69.3 cm³/mol. The van der Waals surface area contributed by atoms with Gasteiger partial charge in [0.15, 0.2) is 0 Å². The van der Waals surface area contributed by atoms with Crippen LogP contribution in [0.25, 0.3) is 0 Å². The second-order valence-electron chi connectivity index (χ2n) is 4.96. The van der Waals surface area contributed by atoms with Gasteiger partial charge in [0.05, 0.1) is 19.1 Å². The summed E-state index contributed by atoms with van der Waals surface area (Å²) in [5, 5.41) is 0. The molecular formula is C15H19FO3. The molecule has 1 aromatic rings. The van der Waals surface area contributed by atoms with Crippen molar-refractivity contribution in [3.05, 3.63) is 35.6 Å². The van der Waals surface area contributed by atoms with Crippen LogP contribution < -0.4 is 0 Å². The van der Waals surface area contributed by atoms with Gasteiger partial charge >= 0.3 is 5.97 Å². The van der Waals surface area contributed by atoms with Crippen LogP contribution in [0.4, 0.5) is 4.39 Å². The van der Waals surface area contributed by atoms with Gasteiger partial charge in [-0.1, -0.05) is 12.1 Å². The maximum Gasteiger partial charge on any atom is 0.309 e. The number of hydrogen-bond acceptors (Lipinski definition) is 3. The summed E-state index contributed by atoms with van der Waals surface area (Å²) in [5.41, 5.74) is 0.992. The molecule has 1 aliphatic carbocycles. The highest BCUT2D eigenvalue weighted by Gasteiger charge is 2.36. The molecule has 4 heteroatoms. The third-order valence-electron chi connectivity index (χ3n) is 3.94. The zero-order valence-electron chi connectivity index (χ0n) is 11.3. The number of benzene rings is 1. The van der Waals surface area contributed by atoms with E-state index in [0.717, 1.165) is 18.4 Å². The first-order valence-electron chi connectivity index (χ1n) is 6.51. The van der Waals surface area contributed by atoms with Crippen molar-refractivity contribution < 1.29 is 18.7 Å². The van der Waals surface area contributed by atoms with Crippen LogP contribution in [-0.4, -0.2) is 26.3 Å². The first kappa shape index (κ1) is 14.0. The van der Waals surface area contributed by atoms with E-state index in [2.05, 4.69) is 0 Å². The van der Waals surface area contributed by atoms with E-state index < -0.39 is 0 Å². The summed E-state index contributed by atoms with van der Waals surface area (Å²) in [5.74, 6) is -0.603. The van der Waals surface area contributed by atoms with Gasteiger partial charge in [0.2, 0.25) is 0 Å². The number of rotatable bonds is 3. The molecule has 3 nitrogen and oxygen atoms in total. The lowest BCUT2D eigenvalue weighted by Gasteiger charge is -2.34. The minimum Gasteiger partial charge on any atom is -0.469 e. The number of carbonyl (C=O) groups is 1. The van der Waals surface area contributed by atoms with Crippen LogP contribution in [0.5, 0.6) is 0 Å². The maximum atomic E-state index is 13.0. The third kappa shape index (κ3) is 3.13. The van der Waals surface area contributed by atoms with Gasteiger partial charge in [-0.25, -0.2) is 4.39 Å². The van der Waals surface area contributed by atoms with Gasteiger partial charge in [0.25, 0.3) is 0 Å². The molecule has 0 radical (unpaired) electrons. The van der Waals surface area contributed by atoms with Gasteiger partial charge in [-0.2, -0.15) is 0 Å². The number of methoxy groups -OCH3 is 2. The monoisotopic (exact) mass is 266 g/mol. The molecule has 19 heavy (non-hydrogen) atoms. The maximum absolute atomic E-state index is 13.0. The van der Waals surface area contributed by atoms with Crippen molar-refractivity contribution in [2.24, 2.45) is 5.92 Å². The third-order valence-corrected chi connectivity index (χ3v) is 3.94. The van der Waals surface area contributed by atoms with Gasteiger partial charge < -0.3 is 9.47 Å². The summed E-state index contributed by atoms with van der Waals surface area (Å²) in [6, 6.07) is 6.38. The van der Waals surface area contributed by atoms with E-state index in [0.29, 0.717) is 6.42 Å². The van der Waals surface area contributed by atoms with Crippen molar-refractivity contribution in [1.29, 1.82) is 0 Å². The van der Waals surface area contributed by atoms with E-state index in [1.807, 2.05) is 0 Å². The highest BCUT2D eigenvalue weighted by atomic mass is 19.1. The van der Waals surface area contributed by atoms with Crippen LogP contribution in [0, 0.1) is 11.7 Å². The zero-order valence-corrected chi connectivity index (χ0v) is 11.3. The molecule has 104 valence electrons. The number of esters is 1. The van der Waals surface area contributed by atoms with Crippen LogP contribution in [0.3, 0.4) is 0 Å². The summed E-state index contributed by atoms with van der Waals surface area (Å²) in [6.07, 6.45) is 2.52. The molecule has 0 heterocycles. The Morgan fingerprint density at radius 2 is 1.89 bits per heavy atom. The van der Waals surface area contributed by atoms with Crippen molar-refractivity contribution in [1.82, 2.24) is 0 Å². The lowest BCUT2D eigenvalue weighted by molar-refractivity contribution is -0.149. The summed E-state index contributed by atoms with van der Waals surface area (Å²) in [6.45, 7) is 0. The molecule has 2 rings (SSSR count). The second-order valence-corrected chi connectivity index (χ2v) is 4.96. The van der Waals surface area contributed by atoms with Crippen molar-refractivity contribution in [2.75, 3.05) is 14.2 Å². The number of carbonyl (C=O) groups excluding carboxylic acids is 1. The van der Waals surface area contributed by atoms with Gasteiger partial charge in [-0.3, -0.25) is 4.79 Å². The molecule has 1 aliphatic rings. The standard InChI is InChI=1S/C15H19FO3/c1-18-12-7-8-13(14(9-12)15(17)19-2)10-3-5-11(16)6-4-10/h3-6,12-14H,7-9H2,1-2H3/t12?,13-,14-/m1/s1. The SMILES string of the molecule is COC(=O)[C@@H]1CC(OC)CC[C@@H]1c1ccc(F)cc1. The Morgan fingerprint density at radius 3 is 2.47 bits per heavy atom. The predicted octanol–water partition coefficient (Wildman–Crippen LogP) is 2.90. The van der Waals surface area contributed by atoms with Crippen LogP contribution >= 0.6 is 0 Å². The molecular weight excluding hydrogens is 247 g/mol. The molecule has 1 saturated carbocycles. The van der Waals surface area contributed by atoms with Crippen LogP contribution in [0.2, 0.25) is 0 Å². The minimum atomic E-state index is -0.260. The summed E-state index contributed by atoms with van der Waals surface area (Å²) < 4.78 is 23.2. The van der Waals surface area contributed by atoms with E-state index in [9.17, 15) is 9.18 Å². The van der Waals surface area contributed by atoms with Crippen molar-refractivity contribution in [3.63, 3.8) is 0 Å². The van der Waals surface area contributed by atoms with Gasteiger partial charge in [0, 0.05) is 7.11 Å².